The lowest BCUT2D eigenvalue weighted by molar-refractivity contribution is 0.0989. The molecule has 0 aromatic heterocycles. The molecule has 1 aliphatic rings. The topological polar surface area (TPSA) is 66.5 Å². The summed E-state index contributed by atoms with van der Waals surface area (Å²) in [5.41, 5.74) is 4.62. The van der Waals surface area contributed by atoms with Crippen molar-refractivity contribution in [2.75, 3.05) is 17.7 Å². The van der Waals surface area contributed by atoms with Crippen LogP contribution in [-0.2, 0) is 23.0 Å². The molecule has 0 bridgehead atoms. The van der Waals surface area contributed by atoms with Gasteiger partial charge in [0.05, 0.1) is 6.26 Å². The Bertz CT molecular complexity index is 891. The summed E-state index contributed by atoms with van der Waals surface area (Å²) >= 11 is 0. The van der Waals surface area contributed by atoms with E-state index in [0.717, 1.165) is 35.1 Å². The minimum Gasteiger partial charge on any atom is -0.308 e. The normalized spacial score (nSPS) is 13.8. The highest BCUT2D eigenvalue weighted by Gasteiger charge is 2.25. The summed E-state index contributed by atoms with van der Waals surface area (Å²) in [7, 11) is -3.22. The van der Waals surface area contributed by atoms with Crippen LogP contribution in [0, 0.1) is 6.92 Å². The van der Waals surface area contributed by atoms with Gasteiger partial charge in [0, 0.05) is 24.3 Å². The molecule has 1 heterocycles. The average Bonchev–Trinajstić information content (AvgIpc) is 2.94. The summed E-state index contributed by atoms with van der Waals surface area (Å²) in [6, 6.07) is 13.3. The van der Waals surface area contributed by atoms with E-state index in [1.165, 1.54) is 0 Å². The van der Waals surface area contributed by atoms with Crippen LogP contribution in [0.2, 0.25) is 0 Å². The minimum absolute atomic E-state index is 0.000499. The van der Waals surface area contributed by atoms with Gasteiger partial charge in [-0.2, -0.15) is 0 Å². The van der Waals surface area contributed by atoms with Gasteiger partial charge in [-0.15, -0.1) is 0 Å². The first-order valence-corrected chi connectivity index (χ1v) is 9.67. The molecular weight excluding hydrogens is 324 g/mol. The molecule has 2 aromatic rings. The Balaban J connectivity index is 1.81. The van der Waals surface area contributed by atoms with Gasteiger partial charge in [-0.05, 0) is 42.7 Å². The average molecular weight is 344 g/mol. The highest BCUT2D eigenvalue weighted by molar-refractivity contribution is 7.88. The predicted octanol–water partition coefficient (Wildman–Crippen LogP) is 2.25. The molecule has 0 aliphatic carbocycles. The number of amides is 1. The zero-order valence-corrected chi connectivity index (χ0v) is 14.6. The Morgan fingerprint density at radius 3 is 2.71 bits per heavy atom. The fraction of sp³-hybridized carbons (Fsp3) is 0.278. The fourth-order valence-corrected chi connectivity index (χ4v) is 3.35. The van der Waals surface area contributed by atoms with Gasteiger partial charge in [0.1, 0.15) is 0 Å². The first kappa shape index (κ1) is 16.7. The van der Waals surface area contributed by atoms with Crippen molar-refractivity contribution in [3.63, 3.8) is 0 Å². The summed E-state index contributed by atoms with van der Waals surface area (Å²) in [5, 5.41) is 0. The summed E-state index contributed by atoms with van der Waals surface area (Å²) in [6.07, 6.45) is 1.92. The van der Waals surface area contributed by atoms with Crippen molar-refractivity contribution >= 4 is 21.6 Å². The fourth-order valence-electron chi connectivity index (χ4n) is 2.92. The van der Waals surface area contributed by atoms with Crippen LogP contribution in [-0.4, -0.2) is 27.1 Å². The molecule has 0 unspecified atom stereocenters. The lowest BCUT2D eigenvalue weighted by atomic mass is 10.1. The Labute approximate surface area is 142 Å². The SMILES string of the molecule is Cc1cccc(C(=O)N2CCc3cc(CNS(C)(=O)=O)ccc32)c1. The van der Waals surface area contributed by atoms with Gasteiger partial charge in [-0.3, -0.25) is 4.79 Å². The Kier molecular flexibility index (Phi) is 4.43. The number of aryl methyl sites for hydroxylation is 1. The first-order valence-electron chi connectivity index (χ1n) is 7.78. The highest BCUT2D eigenvalue weighted by atomic mass is 32.2. The van der Waals surface area contributed by atoms with Crippen LogP contribution >= 0.6 is 0 Å². The Morgan fingerprint density at radius 1 is 1.21 bits per heavy atom. The number of nitrogens with one attached hydrogen (secondary N) is 1. The van der Waals surface area contributed by atoms with Crippen LogP contribution in [0.3, 0.4) is 0 Å². The van der Waals surface area contributed by atoms with Gasteiger partial charge in [0.15, 0.2) is 0 Å². The first-order chi connectivity index (χ1) is 11.3. The van der Waals surface area contributed by atoms with E-state index in [1.807, 2.05) is 49.4 Å². The Morgan fingerprint density at radius 2 is 2.00 bits per heavy atom. The molecule has 0 saturated heterocycles. The van der Waals surface area contributed by atoms with Crippen LogP contribution in [0.25, 0.3) is 0 Å². The number of hydrogen-bond acceptors (Lipinski definition) is 3. The lowest BCUT2D eigenvalue weighted by Crippen LogP contribution is -2.28. The van der Waals surface area contributed by atoms with Gasteiger partial charge in [0.25, 0.3) is 5.91 Å². The lowest BCUT2D eigenvalue weighted by Gasteiger charge is -2.18. The molecule has 2 aromatic carbocycles. The number of nitrogens with zero attached hydrogens (tertiary/aromatic N) is 1. The molecule has 126 valence electrons. The number of sulfonamides is 1. The van der Waals surface area contributed by atoms with Crippen LogP contribution in [0.5, 0.6) is 0 Å². The van der Waals surface area contributed by atoms with Crippen molar-refractivity contribution in [2.45, 2.75) is 19.9 Å². The maximum atomic E-state index is 12.7. The standard InChI is InChI=1S/C18H20N2O3S/c1-13-4-3-5-16(10-13)18(21)20-9-8-15-11-14(6-7-17(15)20)12-19-24(2,22)23/h3-7,10-11,19H,8-9,12H2,1-2H3. The van der Waals surface area contributed by atoms with Crippen molar-refractivity contribution in [1.82, 2.24) is 4.72 Å². The maximum Gasteiger partial charge on any atom is 0.258 e. The summed E-state index contributed by atoms with van der Waals surface area (Å²) in [6.45, 7) is 2.87. The second-order valence-corrected chi connectivity index (χ2v) is 7.97. The number of benzene rings is 2. The molecule has 1 aliphatic heterocycles. The number of fused-ring (bicyclic) bond motifs is 1. The number of hydrogen-bond donors (Lipinski definition) is 1. The van der Waals surface area contributed by atoms with E-state index in [0.29, 0.717) is 12.1 Å². The number of carbonyl (C=O) groups is 1. The number of rotatable bonds is 4. The maximum absolute atomic E-state index is 12.7. The van der Waals surface area contributed by atoms with E-state index in [4.69, 9.17) is 0 Å². The van der Waals surface area contributed by atoms with Crippen molar-refractivity contribution in [3.8, 4) is 0 Å². The van der Waals surface area contributed by atoms with Gasteiger partial charge < -0.3 is 4.90 Å². The van der Waals surface area contributed by atoms with Crippen LogP contribution in [0.1, 0.15) is 27.0 Å². The Hall–Kier alpha value is -2.18. The molecule has 0 radical (unpaired) electrons. The van der Waals surface area contributed by atoms with E-state index >= 15 is 0 Å². The molecule has 5 nitrogen and oxygen atoms in total. The third-order valence-electron chi connectivity index (χ3n) is 4.09. The van der Waals surface area contributed by atoms with Crippen LogP contribution < -0.4 is 9.62 Å². The van der Waals surface area contributed by atoms with Crippen LogP contribution in [0.15, 0.2) is 42.5 Å². The van der Waals surface area contributed by atoms with E-state index in [1.54, 1.807) is 4.90 Å². The number of carbonyl (C=O) groups excluding carboxylic acids is 1. The molecule has 3 rings (SSSR count). The zero-order valence-electron chi connectivity index (χ0n) is 13.7. The molecule has 6 heteroatoms. The van der Waals surface area contributed by atoms with Crippen molar-refractivity contribution in [2.24, 2.45) is 0 Å². The van der Waals surface area contributed by atoms with Gasteiger partial charge in [-0.25, -0.2) is 13.1 Å². The molecule has 0 spiro atoms. The third-order valence-corrected chi connectivity index (χ3v) is 4.76. The minimum atomic E-state index is -3.22. The van der Waals surface area contributed by atoms with Gasteiger partial charge in [0.2, 0.25) is 10.0 Å². The summed E-state index contributed by atoms with van der Waals surface area (Å²) < 4.78 is 24.9. The molecular formula is C18H20N2O3S. The van der Waals surface area contributed by atoms with Gasteiger partial charge in [-0.1, -0.05) is 29.8 Å². The largest absolute Gasteiger partial charge is 0.308 e. The van der Waals surface area contributed by atoms with E-state index in [2.05, 4.69) is 4.72 Å². The van der Waals surface area contributed by atoms with E-state index < -0.39 is 10.0 Å². The number of anilines is 1. The van der Waals surface area contributed by atoms with E-state index in [-0.39, 0.29) is 12.5 Å². The monoisotopic (exact) mass is 344 g/mol. The second-order valence-electron chi connectivity index (χ2n) is 6.13. The van der Waals surface area contributed by atoms with Crippen LogP contribution in [0.4, 0.5) is 5.69 Å². The summed E-state index contributed by atoms with van der Waals surface area (Å²) in [4.78, 5) is 14.5. The highest BCUT2D eigenvalue weighted by Crippen LogP contribution is 2.30. The molecule has 0 fully saturated rings. The van der Waals surface area contributed by atoms with Crippen molar-refractivity contribution in [3.05, 3.63) is 64.7 Å². The predicted molar refractivity (Wildman–Crippen MR) is 94.7 cm³/mol. The molecule has 24 heavy (non-hydrogen) atoms. The molecule has 0 saturated carbocycles. The summed E-state index contributed by atoms with van der Waals surface area (Å²) in [5.74, 6) is -0.000499. The molecule has 0 atom stereocenters. The van der Waals surface area contributed by atoms with Crippen molar-refractivity contribution < 1.29 is 13.2 Å². The third kappa shape index (κ3) is 3.66. The van der Waals surface area contributed by atoms with E-state index in [9.17, 15) is 13.2 Å². The van der Waals surface area contributed by atoms with Gasteiger partial charge >= 0.3 is 0 Å². The second kappa shape index (κ2) is 6.37. The van der Waals surface area contributed by atoms with Crippen molar-refractivity contribution in [1.29, 1.82) is 0 Å². The zero-order chi connectivity index (χ0) is 17.3. The quantitative estimate of drug-likeness (QED) is 0.925. The molecule has 1 amide bonds. The smallest absolute Gasteiger partial charge is 0.258 e. The molecule has 1 N–H and O–H groups in total.